The van der Waals surface area contributed by atoms with Gasteiger partial charge in [0.1, 0.15) is 0 Å². The number of halogens is 1. The summed E-state index contributed by atoms with van der Waals surface area (Å²) in [7, 11) is -3.38. The van der Waals surface area contributed by atoms with Gasteiger partial charge in [-0.25, -0.2) is 8.42 Å². The van der Waals surface area contributed by atoms with E-state index >= 15 is 0 Å². The molecule has 4 nitrogen and oxygen atoms in total. The van der Waals surface area contributed by atoms with Crippen molar-refractivity contribution in [2.24, 2.45) is 0 Å². The van der Waals surface area contributed by atoms with Gasteiger partial charge in [0.2, 0.25) is 10.0 Å². The smallest absolute Gasteiger partial charge is 0.243 e. The van der Waals surface area contributed by atoms with Crippen LogP contribution < -0.4 is 0 Å². The second-order valence-corrected chi connectivity index (χ2v) is 9.16. The van der Waals surface area contributed by atoms with Crippen molar-refractivity contribution in [2.75, 3.05) is 32.7 Å². The Morgan fingerprint density at radius 1 is 0.920 bits per heavy atom. The van der Waals surface area contributed by atoms with Gasteiger partial charge in [0.15, 0.2) is 0 Å². The average Bonchev–Trinajstić information content (AvgIpc) is 2.63. The van der Waals surface area contributed by atoms with E-state index < -0.39 is 10.0 Å². The van der Waals surface area contributed by atoms with Crippen LogP contribution in [0, 0.1) is 3.57 Å². The maximum absolute atomic E-state index is 12.7. The highest BCUT2D eigenvalue weighted by molar-refractivity contribution is 14.1. The standard InChI is InChI=1S/C19H21IN2O2S/c20-18-8-10-19(11-9-18)25(23,24)22-15-13-21(14-16-22)12-4-7-17-5-2-1-3-6-17/h1-11H,12-16H2. The molecule has 0 bridgehead atoms. The number of hydrogen-bond donors (Lipinski definition) is 0. The van der Waals surface area contributed by atoms with Crippen molar-refractivity contribution in [1.82, 2.24) is 9.21 Å². The average molecular weight is 468 g/mol. The maximum Gasteiger partial charge on any atom is 0.243 e. The minimum atomic E-state index is -3.38. The van der Waals surface area contributed by atoms with Crippen LogP contribution in [0.25, 0.3) is 6.08 Å². The highest BCUT2D eigenvalue weighted by atomic mass is 127. The number of nitrogens with zero attached hydrogens (tertiary/aromatic N) is 2. The predicted molar refractivity (Wildman–Crippen MR) is 110 cm³/mol. The lowest BCUT2D eigenvalue weighted by Gasteiger charge is -2.33. The maximum atomic E-state index is 12.7. The second-order valence-electron chi connectivity index (χ2n) is 5.97. The van der Waals surface area contributed by atoms with Gasteiger partial charge in [-0.2, -0.15) is 4.31 Å². The van der Waals surface area contributed by atoms with E-state index in [1.165, 1.54) is 5.56 Å². The van der Waals surface area contributed by atoms with Crippen molar-refractivity contribution in [2.45, 2.75) is 4.90 Å². The number of benzene rings is 2. The molecule has 0 spiro atoms. The van der Waals surface area contributed by atoms with Crippen LogP contribution in [0.3, 0.4) is 0 Å². The normalized spacial score (nSPS) is 17.2. The summed E-state index contributed by atoms with van der Waals surface area (Å²) in [4.78, 5) is 2.66. The van der Waals surface area contributed by atoms with Gasteiger partial charge in [0, 0.05) is 36.3 Å². The summed E-state index contributed by atoms with van der Waals surface area (Å²) in [5.74, 6) is 0. The Morgan fingerprint density at radius 3 is 2.20 bits per heavy atom. The molecule has 1 fully saturated rings. The molecule has 25 heavy (non-hydrogen) atoms. The molecule has 1 aliphatic rings. The van der Waals surface area contributed by atoms with E-state index in [1.807, 2.05) is 30.3 Å². The molecular weight excluding hydrogens is 447 g/mol. The van der Waals surface area contributed by atoms with Crippen molar-refractivity contribution < 1.29 is 8.42 Å². The third kappa shape index (κ3) is 4.91. The van der Waals surface area contributed by atoms with Gasteiger partial charge in [-0.15, -0.1) is 0 Å². The van der Waals surface area contributed by atoms with Gasteiger partial charge < -0.3 is 0 Å². The van der Waals surface area contributed by atoms with E-state index in [0.717, 1.165) is 23.2 Å². The van der Waals surface area contributed by atoms with E-state index in [1.54, 1.807) is 16.4 Å². The van der Waals surface area contributed by atoms with E-state index in [-0.39, 0.29) is 0 Å². The van der Waals surface area contributed by atoms with Crippen molar-refractivity contribution in [1.29, 1.82) is 0 Å². The van der Waals surface area contributed by atoms with Crippen LogP contribution in [-0.4, -0.2) is 50.3 Å². The summed E-state index contributed by atoms with van der Waals surface area (Å²) in [6, 6.07) is 17.2. The molecule has 1 saturated heterocycles. The lowest BCUT2D eigenvalue weighted by Crippen LogP contribution is -2.48. The van der Waals surface area contributed by atoms with Gasteiger partial charge in [0.25, 0.3) is 0 Å². The molecule has 6 heteroatoms. The zero-order valence-electron chi connectivity index (χ0n) is 13.9. The first kappa shape index (κ1) is 18.6. The minimum absolute atomic E-state index is 0.380. The topological polar surface area (TPSA) is 40.6 Å². The Kier molecular flexibility index (Phi) is 6.27. The molecule has 1 aliphatic heterocycles. The SMILES string of the molecule is O=S(=O)(c1ccc(I)cc1)N1CCN(CC=Cc2ccccc2)CC1. The van der Waals surface area contributed by atoms with Crippen LogP contribution in [0.5, 0.6) is 0 Å². The molecule has 0 atom stereocenters. The molecule has 1 heterocycles. The van der Waals surface area contributed by atoms with Gasteiger partial charge >= 0.3 is 0 Å². The fraction of sp³-hybridized carbons (Fsp3) is 0.263. The fourth-order valence-corrected chi connectivity index (χ4v) is 4.59. The van der Waals surface area contributed by atoms with E-state index in [9.17, 15) is 8.42 Å². The molecule has 2 aromatic carbocycles. The zero-order valence-corrected chi connectivity index (χ0v) is 16.9. The quantitative estimate of drug-likeness (QED) is 0.633. The molecule has 132 valence electrons. The van der Waals surface area contributed by atoms with Crippen LogP contribution in [0.4, 0.5) is 0 Å². The first-order valence-corrected chi connectivity index (χ1v) is 10.8. The number of piperazine rings is 1. The molecule has 0 amide bonds. The Bertz CT molecular complexity index is 812. The first-order valence-electron chi connectivity index (χ1n) is 8.25. The van der Waals surface area contributed by atoms with Gasteiger partial charge in [-0.1, -0.05) is 42.5 Å². The number of rotatable bonds is 5. The van der Waals surface area contributed by atoms with Crippen LogP contribution in [-0.2, 0) is 10.0 Å². The lowest BCUT2D eigenvalue weighted by molar-refractivity contribution is 0.204. The Hall–Kier alpha value is -1.22. The van der Waals surface area contributed by atoms with Crippen molar-refractivity contribution in [3.05, 3.63) is 69.8 Å². The highest BCUT2D eigenvalue weighted by Crippen LogP contribution is 2.19. The zero-order chi connectivity index (χ0) is 17.7. The number of sulfonamides is 1. The molecule has 0 saturated carbocycles. The van der Waals surface area contributed by atoms with Crippen LogP contribution in [0.15, 0.2) is 65.6 Å². The summed E-state index contributed by atoms with van der Waals surface area (Å²) in [6.45, 7) is 3.42. The first-order chi connectivity index (χ1) is 12.1. The predicted octanol–water partition coefficient (Wildman–Crippen LogP) is 3.31. The summed E-state index contributed by atoms with van der Waals surface area (Å²) in [5, 5.41) is 0. The molecule has 0 N–H and O–H groups in total. The monoisotopic (exact) mass is 468 g/mol. The van der Waals surface area contributed by atoms with Gasteiger partial charge in [0.05, 0.1) is 4.90 Å². The number of hydrogen-bond acceptors (Lipinski definition) is 3. The summed E-state index contributed by atoms with van der Waals surface area (Å²) in [5.41, 5.74) is 1.18. The third-order valence-electron chi connectivity index (χ3n) is 4.26. The van der Waals surface area contributed by atoms with Crippen molar-refractivity contribution in [3.63, 3.8) is 0 Å². The Labute approximate surface area is 163 Å². The second kappa shape index (κ2) is 8.44. The van der Waals surface area contributed by atoms with E-state index in [0.29, 0.717) is 18.0 Å². The Balaban J connectivity index is 1.54. The summed E-state index contributed by atoms with van der Waals surface area (Å²) < 4.78 is 28.0. The third-order valence-corrected chi connectivity index (χ3v) is 6.89. The summed E-state index contributed by atoms with van der Waals surface area (Å²) >= 11 is 2.18. The van der Waals surface area contributed by atoms with Crippen LogP contribution in [0.2, 0.25) is 0 Å². The molecule has 2 aromatic rings. The summed E-state index contributed by atoms with van der Waals surface area (Å²) in [6.07, 6.45) is 4.24. The fourth-order valence-electron chi connectivity index (χ4n) is 2.81. The van der Waals surface area contributed by atoms with E-state index in [4.69, 9.17) is 0 Å². The van der Waals surface area contributed by atoms with Crippen molar-refractivity contribution >= 4 is 38.7 Å². The molecule has 0 aromatic heterocycles. The minimum Gasteiger partial charge on any atom is -0.297 e. The van der Waals surface area contributed by atoms with E-state index in [2.05, 4.69) is 51.8 Å². The van der Waals surface area contributed by atoms with Crippen molar-refractivity contribution in [3.8, 4) is 0 Å². The largest absolute Gasteiger partial charge is 0.297 e. The molecule has 3 rings (SSSR count). The van der Waals surface area contributed by atoms with Crippen LogP contribution in [0.1, 0.15) is 5.56 Å². The van der Waals surface area contributed by atoms with Gasteiger partial charge in [-0.05, 0) is 52.4 Å². The van der Waals surface area contributed by atoms with Crippen LogP contribution >= 0.6 is 22.6 Å². The van der Waals surface area contributed by atoms with Gasteiger partial charge in [-0.3, -0.25) is 4.90 Å². The lowest BCUT2D eigenvalue weighted by atomic mass is 10.2. The molecule has 0 radical (unpaired) electrons. The molecular formula is C19H21IN2O2S. The highest BCUT2D eigenvalue weighted by Gasteiger charge is 2.27. The Morgan fingerprint density at radius 2 is 1.56 bits per heavy atom. The molecule has 0 unspecified atom stereocenters. The molecule has 0 aliphatic carbocycles.